The molecule has 0 atom stereocenters. The predicted molar refractivity (Wildman–Crippen MR) is 91.4 cm³/mol. The van der Waals surface area contributed by atoms with Crippen LogP contribution in [0.1, 0.15) is 35.8 Å². The Hall–Kier alpha value is -1.80. The van der Waals surface area contributed by atoms with Crippen LogP contribution in [0.3, 0.4) is 0 Å². The van der Waals surface area contributed by atoms with Crippen molar-refractivity contribution in [2.24, 2.45) is 7.05 Å². The van der Waals surface area contributed by atoms with Gasteiger partial charge in [-0.1, -0.05) is 0 Å². The van der Waals surface area contributed by atoms with E-state index in [1.807, 2.05) is 6.92 Å². The fourth-order valence-corrected chi connectivity index (χ4v) is 4.72. The van der Waals surface area contributed by atoms with Crippen LogP contribution in [-0.2, 0) is 25.6 Å². The number of rotatable bonds is 2. The minimum absolute atomic E-state index is 0.0556. The molecule has 7 nitrogen and oxygen atoms in total. The Morgan fingerprint density at radius 1 is 1.17 bits per heavy atom. The highest BCUT2D eigenvalue weighted by Gasteiger charge is 2.44. The molecular formula is C16H21N5O2S. The standard InChI is InChI=1S/C16H21N5O2S/c1-11-10-24-12(17-11)9-20-6-3-16(4-7-20)5-8-21-14(23)13(22)19(2)18-15(16)21/h10H,3-9H2,1-2H3. The van der Waals surface area contributed by atoms with Gasteiger partial charge in [0.1, 0.15) is 10.8 Å². The van der Waals surface area contributed by atoms with Gasteiger partial charge >= 0.3 is 11.1 Å². The molecule has 0 unspecified atom stereocenters. The molecular weight excluding hydrogens is 326 g/mol. The van der Waals surface area contributed by atoms with E-state index in [0.717, 1.165) is 55.4 Å². The molecule has 1 fully saturated rings. The summed E-state index contributed by atoms with van der Waals surface area (Å²) in [6.07, 6.45) is 2.85. The third-order valence-electron chi connectivity index (χ3n) is 5.35. The van der Waals surface area contributed by atoms with E-state index in [1.54, 1.807) is 23.0 Å². The van der Waals surface area contributed by atoms with Gasteiger partial charge in [-0.25, -0.2) is 9.67 Å². The summed E-state index contributed by atoms with van der Waals surface area (Å²) in [5.41, 5.74) is 0.0602. The molecule has 2 aliphatic heterocycles. The average molecular weight is 347 g/mol. The largest absolute Gasteiger partial charge is 0.332 e. The van der Waals surface area contributed by atoms with E-state index >= 15 is 0 Å². The Labute approximate surface area is 143 Å². The van der Waals surface area contributed by atoms with Crippen molar-refractivity contribution < 1.29 is 0 Å². The lowest BCUT2D eigenvalue weighted by Gasteiger charge is -2.38. The molecule has 2 aromatic heterocycles. The van der Waals surface area contributed by atoms with E-state index in [9.17, 15) is 9.59 Å². The molecule has 0 saturated carbocycles. The molecule has 2 aliphatic rings. The first-order chi connectivity index (χ1) is 11.5. The van der Waals surface area contributed by atoms with Crippen molar-refractivity contribution in [3.8, 4) is 0 Å². The van der Waals surface area contributed by atoms with Crippen LogP contribution < -0.4 is 11.1 Å². The van der Waals surface area contributed by atoms with E-state index in [0.29, 0.717) is 6.54 Å². The average Bonchev–Trinajstić information content (AvgIpc) is 3.12. The lowest BCUT2D eigenvalue weighted by molar-refractivity contribution is 0.148. The van der Waals surface area contributed by atoms with Crippen LogP contribution in [0.2, 0.25) is 0 Å². The number of piperidine rings is 1. The third kappa shape index (κ3) is 2.44. The van der Waals surface area contributed by atoms with E-state index in [4.69, 9.17) is 0 Å². The summed E-state index contributed by atoms with van der Waals surface area (Å²) in [4.78, 5) is 31.0. The molecule has 128 valence electrons. The molecule has 24 heavy (non-hydrogen) atoms. The van der Waals surface area contributed by atoms with Gasteiger partial charge in [-0.15, -0.1) is 11.3 Å². The summed E-state index contributed by atoms with van der Waals surface area (Å²) in [5.74, 6) is 0.805. The Morgan fingerprint density at radius 2 is 1.88 bits per heavy atom. The van der Waals surface area contributed by atoms with Gasteiger partial charge in [0, 0.05) is 30.1 Å². The topological polar surface area (TPSA) is 73.0 Å². The summed E-state index contributed by atoms with van der Waals surface area (Å²) < 4.78 is 2.80. The van der Waals surface area contributed by atoms with Gasteiger partial charge in [0.05, 0.1) is 6.54 Å². The number of thiazole rings is 1. The molecule has 0 N–H and O–H groups in total. The second-order valence-corrected chi connectivity index (χ2v) is 7.84. The molecule has 1 saturated heterocycles. The highest BCUT2D eigenvalue weighted by Crippen LogP contribution is 2.41. The fourth-order valence-electron chi connectivity index (χ4n) is 3.91. The predicted octanol–water partition coefficient (Wildman–Crippen LogP) is 0.644. The first-order valence-corrected chi connectivity index (χ1v) is 9.18. The number of hydrogen-bond donors (Lipinski definition) is 0. The molecule has 0 amide bonds. The van der Waals surface area contributed by atoms with Crippen LogP contribution in [0.25, 0.3) is 0 Å². The molecule has 2 aromatic rings. The van der Waals surface area contributed by atoms with Crippen molar-refractivity contribution in [3.05, 3.63) is 42.6 Å². The Morgan fingerprint density at radius 3 is 2.54 bits per heavy atom. The zero-order valence-electron chi connectivity index (χ0n) is 14.0. The Kier molecular flexibility index (Phi) is 3.69. The van der Waals surface area contributed by atoms with E-state index in [1.165, 1.54) is 4.68 Å². The number of likely N-dealkylation sites (tertiary alicyclic amines) is 1. The molecule has 0 aromatic carbocycles. The lowest BCUT2D eigenvalue weighted by atomic mass is 9.77. The second-order valence-electron chi connectivity index (χ2n) is 6.90. The van der Waals surface area contributed by atoms with Gasteiger partial charge in [0.2, 0.25) is 0 Å². The number of nitrogens with zero attached hydrogens (tertiary/aromatic N) is 5. The number of aryl methyl sites for hydroxylation is 2. The summed E-state index contributed by atoms with van der Waals surface area (Å²) >= 11 is 1.71. The van der Waals surface area contributed by atoms with Gasteiger partial charge in [0.15, 0.2) is 0 Å². The third-order valence-corrected chi connectivity index (χ3v) is 6.30. The molecule has 1 spiro atoms. The van der Waals surface area contributed by atoms with E-state index < -0.39 is 11.1 Å². The molecule has 0 aliphatic carbocycles. The summed E-state index contributed by atoms with van der Waals surface area (Å²) in [7, 11) is 1.57. The Balaban J connectivity index is 1.55. The lowest BCUT2D eigenvalue weighted by Crippen LogP contribution is -2.46. The number of aromatic nitrogens is 4. The van der Waals surface area contributed by atoms with Crippen LogP contribution in [0, 0.1) is 6.92 Å². The van der Waals surface area contributed by atoms with Gasteiger partial charge in [-0.2, -0.15) is 5.10 Å². The summed E-state index contributed by atoms with van der Waals surface area (Å²) in [5, 5.41) is 7.69. The Bertz CT molecular complexity index is 889. The first kappa shape index (κ1) is 15.7. The maximum atomic E-state index is 12.2. The monoisotopic (exact) mass is 347 g/mol. The molecule has 8 heteroatoms. The maximum Gasteiger partial charge on any atom is 0.332 e. The number of hydrogen-bond acceptors (Lipinski definition) is 6. The second kappa shape index (κ2) is 5.63. The highest BCUT2D eigenvalue weighted by molar-refractivity contribution is 7.09. The first-order valence-electron chi connectivity index (χ1n) is 8.30. The normalized spacial score (nSPS) is 19.8. The van der Waals surface area contributed by atoms with Crippen LogP contribution in [-0.4, -0.2) is 37.3 Å². The molecule has 0 radical (unpaired) electrons. The van der Waals surface area contributed by atoms with Gasteiger partial charge < -0.3 is 0 Å². The molecule has 4 heterocycles. The van der Waals surface area contributed by atoms with Crippen molar-refractivity contribution in [1.29, 1.82) is 0 Å². The minimum Gasteiger partial charge on any atom is -0.297 e. The fraction of sp³-hybridized carbons (Fsp3) is 0.625. The van der Waals surface area contributed by atoms with Crippen molar-refractivity contribution in [2.45, 2.75) is 44.7 Å². The smallest absolute Gasteiger partial charge is 0.297 e. The van der Waals surface area contributed by atoms with Gasteiger partial charge in [-0.05, 0) is 39.3 Å². The van der Waals surface area contributed by atoms with E-state index in [2.05, 4.69) is 20.4 Å². The van der Waals surface area contributed by atoms with Crippen LogP contribution in [0.15, 0.2) is 15.0 Å². The highest BCUT2D eigenvalue weighted by atomic mass is 32.1. The van der Waals surface area contributed by atoms with Crippen LogP contribution in [0.5, 0.6) is 0 Å². The van der Waals surface area contributed by atoms with Crippen LogP contribution in [0.4, 0.5) is 0 Å². The molecule has 0 bridgehead atoms. The van der Waals surface area contributed by atoms with Crippen molar-refractivity contribution in [3.63, 3.8) is 0 Å². The van der Waals surface area contributed by atoms with Crippen molar-refractivity contribution >= 4 is 11.3 Å². The quantitative estimate of drug-likeness (QED) is 0.746. The molecule has 4 rings (SSSR count). The van der Waals surface area contributed by atoms with Crippen molar-refractivity contribution in [1.82, 2.24) is 24.2 Å². The van der Waals surface area contributed by atoms with Crippen LogP contribution >= 0.6 is 11.3 Å². The SMILES string of the molecule is Cc1csc(CN2CCC3(CC2)CCn2c3nn(C)c(=O)c2=O)n1. The maximum absolute atomic E-state index is 12.2. The van der Waals surface area contributed by atoms with E-state index in [-0.39, 0.29) is 5.41 Å². The van der Waals surface area contributed by atoms with Gasteiger partial charge in [0.25, 0.3) is 0 Å². The number of fused-ring (bicyclic) bond motifs is 2. The minimum atomic E-state index is -0.535. The van der Waals surface area contributed by atoms with Gasteiger partial charge in [-0.3, -0.25) is 19.1 Å². The summed E-state index contributed by atoms with van der Waals surface area (Å²) in [6, 6.07) is 0. The summed E-state index contributed by atoms with van der Waals surface area (Å²) in [6.45, 7) is 5.47. The zero-order valence-corrected chi connectivity index (χ0v) is 14.8. The zero-order chi connectivity index (χ0) is 16.9. The van der Waals surface area contributed by atoms with Crippen molar-refractivity contribution in [2.75, 3.05) is 13.1 Å².